The molecular weight excluding hydrogens is 378 g/mol. The van der Waals surface area contributed by atoms with Crippen LogP contribution < -0.4 is 15.4 Å². The van der Waals surface area contributed by atoms with Crippen LogP contribution in [0.2, 0.25) is 0 Å². The Morgan fingerprint density at radius 1 is 1.24 bits per heavy atom. The zero-order valence-corrected chi connectivity index (χ0v) is 16.9. The van der Waals surface area contributed by atoms with Gasteiger partial charge in [-0.05, 0) is 32.8 Å². The van der Waals surface area contributed by atoms with Gasteiger partial charge in [0, 0.05) is 25.1 Å². The molecule has 3 rings (SSSR count). The van der Waals surface area contributed by atoms with Gasteiger partial charge in [-0.15, -0.1) is 10.2 Å². The summed E-state index contributed by atoms with van der Waals surface area (Å²) in [7, 11) is 0. The van der Waals surface area contributed by atoms with Crippen molar-refractivity contribution < 1.29 is 13.5 Å². The molecule has 0 saturated carbocycles. The average Bonchev–Trinajstić information content (AvgIpc) is 2.91. The molecule has 0 saturated heterocycles. The van der Waals surface area contributed by atoms with E-state index >= 15 is 0 Å². The van der Waals surface area contributed by atoms with E-state index in [0.717, 1.165) is 43.0 Å². The molecule has 1 aliphatic heterocycles. The molecule has 9 heteroatoms. The van der Waals surface area contributed by atoms with Crippen LogP contribution in [0.5, 0.6) is 5.75 Å². The van der Waals surface area contributed by atoms with E-state index in [4.69, 9.17) is 0 Å². The van der Waals surface area contributed by atoms with Gasteiger partial charge < -0.3 is 19.9 Å². The highest BCUT2D eigenvalue weighted by molar-refractivity contribution is 5.79. The summed E-state index contributed by atoms with van der Waals surface area (Å²) in [6, 6.07) is 5.10. The number of aromatic nitrogens is 3. The number of aliphatic imine (C=N–C) groups is 1. The van der Waals surface area contributed by atoms with Crippen molar-refractivity contribution in [1.29, 1.82) is 0 Å². The van der Waals surface area contributed by atoms with E-state index in [-0.39, 0.29) is 12.3 Å². The molecule has 0 spiro atoms. The highest BCUT2D eigenvalue weighted by Gasteiger charge is 2.15. The molecule has 0 radical (unpaired) electrons. The fourth-order valence-electron chi connectivity index (χ4n) is 3.39. The number of fused-ring (bicyclic) bond motifs is 1. The van der Waals surface area contributed by atoms with Crippen molar-refractivity contribution >= 4 is 5.96 Å². The van der Waals surface area contributed by atoms with Gasteiger partial charge in [0.05, 0.1) is 13.1 Å². The Labute approximate surface area is 169 Å². The van der Waals surface area contributed by atoms with Crippen LogP contribution in [0, 0.1) is 6.92 Å². The first-order valence-corrected chi connectivity index (χ1v) is 10.0. The van der Waals surface area contributed by atoms with E-state index in [1.54, 1.807) is 12.1 Å². The fraction of sp³-hybridized carbons (Fsp3) is 0.550. The van der Waals surface area contributed by atoms with Crippen LogP contribution in [0.4, 0.5) is 8.78 Å². The minimum absolute atomic E-state index is 0.146. The number of halogens is 2. The summed E-state index contributed by atoms with van der Waals surface area (Å²) in [5.41, 5.74) is 1.57. The minimum atomic E-state index is -2.87. The first-order chi connectivity index (χ1) is 14.1. The van der Waals surface area contributed by atoms with Crippen molar-refractivity contribution in [2.24, 2.45) is 4.99 Å². The normalized spacial score (nSPS) is 14.4. The molecule has 1 aliphatic rings. The Balaban J connectivity index is 1.70. The quantitative estimate of drug-likeness (QED) is 0.546. The predicted octanol–water partition coefficient (Wildman–Crippen LogP) is 3.17. The molecule has 2 aromatic rings. The number of alkyl halides is 2. The molecule has 0 unspecified atom stereocenters. The molecule has 158 valence electrons. The summed E-state index contributed by atoms with van der Waals surface area (Å²) in [6.07, 6.45) is 4.45. The molecule has 29 heavy (non-hydrogen) atoms. The summed E-state index contributed by atoms with van der Waals surface area (Å²) in [5.74, 6) is 2.65. The third-order valence-electron chi connectivity index (χ3n) is 4.78. The second-order valence-electron chi connectivity index (χ2n) is 7.03. The molecule has 2 N–H and O–H groups in total. The second kappa shape index (κ2) is 10.2. The number of ether oxygens (including phenoxy) is 1. The third-order valence-corrected chi connectivity index (χ3v) is 4.78. The van der Waals surface area contributed by atoms with E-state index in [0.29, 0.717) is 24.6 Å². The van der Waals surface area contributed by atoms with Crippen molar-refractivity contribution in [3.8, 4) is 5.75 Å². The van der Waals surface area contributed by atoms with Crippen LogP contribution in [0.25, 0.3) is 0 Å². The molecule has 0 aliphatic carbocycles. The van der Waals surface area contributed by atoms with E-state index in [2.05, 4.69) is 35.1 Å². The van der Waals surface area contributed by atoms with E-state index in [1.165, 1.54) is 6.42 Å². The highest BCUT2D eigenvalue weighted by atomic mass is 19.3. The Morgan fingerprint density at radius 2 is 2.10 bits per heavy atom. The monoisotopic (exact) mass is 406 g/mol. The number of benzene rings is 1. The first-order valence-electron chi connectivity index (χ1n) is 10.0. The van der Waals surface area contributed by atoms with Gasteiger partial charge in [-0.1, -0.05) is 24.1 Å². The fourth-order valence-corrected chi connectivity index (χ4v) is 3.39. The van der Waals surface area contributed by atoms with Crippen molar-refractivity contribution in [1.82, 2.24) is 25.4 Å². The lowest BCUT2D eigenvalue weighted by Crippen LogP contribution is -2.37. The largest absolute Gasteiger partial charge is 0.434 e. The molecule has 0 atom stereocenters. The number of nitrogens with zero attached hydrogens (tertiary/aromatic N) is 4. The summed E-state index contributed by atoms with van der Waals surface area (Å²) in [5, 5.41) is 15.1. The number of guanidine groups is 1. The van der Waals surface area contributed by atoms with Crippen LogP contribution in [0.3, 0.4) is 0 Å². The van der Waals surface area contributed by atoms with Gasteiger partial charge in [-0.2, -0.15) is 8.78 Å². The number of nitrogens with one attached hydrogen (secondary N) is 2. The van der Waals surface area contributed by atoms with E-state index in [9.17, 15) is 8.78 Å². The van der Waals surface area contributed by atoms with Crippen molar-refractivity contribution in [3.63, 3.8) is 0 Å². The molecule has 0 bridgehead atoms. The Bertz CT molecular complexity index is 836. The van der Waals surface area contributed by atoms with Gasteiger partial charge in [0.2, 0.25) is 0 Å². The third kappa shape index (κ3) is 5.88. The van der Waals surface area contributed by atoms with Gasteiger partial charge in [0.1, 0.15) is 11.6 Å². The van der Waals surface area contributed by atoms with Gasteiger partial charge in [0.25, 0.3) is 0 Å². The van der Waals surface area contributed by atoms with Crippen LogP contribution >= 0.6 is 0 Å². The number of hydrogen-bond donors (Lipinski definition) is 2. The van der Waals surface area contributed by atoms with E-state index in [1.807, 2.05) is 19.9 Å². The zero-order chi connectivity index (χ0) is 20.6. The van der Waals surface area contributed by atoms with E-state index < -0.39 is 6.61 Å². The van der Waals surface area contributed by atoms with Gasteiger partial charge in [0.15, 0.2) is 11.8 Å². The first kappa shape index (κ1) is 21.0. The summed E-state index contributed by atoms with van der Waals surface area (Å²) in [4.78, 5) is 4.53. The predicted molar refractivity (Wildman–Crippen MR) is 107 cm³/mol. The average molecular weight is 406 g/mol. The van der Waals surface area contributed by atoms with Crippen LogP contribution in [-0.2, 0) is 26.1 Å². The lowest BCUT2D eigenvalue weighted by Gasteiger charge is -2.14. The molecule has 1 aromatic carbocycles. The standard InChI is InChI=1S/C20H28F2N6O/c1-3-23-20(24-12-15-11-14(2)8-9-16(15)29-19(21)22)25-13-18-27-26-17-7-5-4-6-10-28(17)18/h8-9,11,19H,3-7,10,12-13H2,1-2H3,(H2,23,24,25). The van der Waals surface area contributed by atoms with Crippen LogP contribution in [-0.4, -0.2) is 33.9 Å². The maximum absolute atomic E-state index is 12.7. The maximum Gasteiger partial charge on any atom is 0.387 e. The SMILES string of the molecule is CCNC(=NCc1cc(C)ccc1OC(F)F)NCc1nnc2n1CCCCC2. The van der Waals surface area contributed by atoms with Crippen molar-refractivity contribution in [2.75, 3.05) is 6.54 Å². The smallest absolute Gasteiger partial charge is 0.387 e. The Morgan fingerprint density at radius 3 is 2.90 bits per heavy atom. The van der Waals surface area contributed by atoms with Gasteiger partial charge in [-0.25, -0.2) is 4.99 Å². The lowest BCUT2D eigenvalue weighted by atomic mass is 10.1. The second-order valence-corrected chi connectivity index (χ2v) is 7.03. The minimum Gasteiger partial charge on any atom is -0.434 e. The van der Waals surface area contributed by atoms with Gasteiger partial charge in [-0.3, -0.25) is 0 Å². The lowest BCUT2D eigenvalue weighted by molar-refractivity contribution is -0.0504. The Hall–Kier alpha value is -2.71. The molecule has 0 amide bonds. The highest BCUT2D eigenvalue weighted by Crippen LogP contribution is 2.23. The number of aryl methyl sites for hydroxylation is 2. The molecule has 0 fully saturated rings. The summed E-state index contributed by atoms with van der Waals surface area (Å²) < 4.78 is 32.1. The van der Waals surface area contributed by atoms with Crippen molar-refractivity contribution in [2.45, 2.75) is 65.8 Å². The van der Waals surface area contributed by atoms with Crippen molar-refractivity contribution in [3.05, 3.63) is 41.0 Å². The zero-order valence-electron chi connectivity index (χ0n) is 16.9. The number of hydrogen-bond acceptors (Lipinski definition) is 4. The Kier molecular flexibility index (Phi) is 7.37. The molecular formula is C20H28F2N6O. The summed E-state index contributed by atoms with van der Waals surface area (Å²) in [6.45, 7) is 3.33. The maximum atomic E-state index is 12.7. The van der Waals surface area contributed by atoms with Gasteiger partial charge >= 0.3 is 6.61 Å². The molecule has 1 aromatic heterocycles. The topological polar surface area (TPSA) is 76.4 Å². The molecule has 7 nitrogen and oxygen atoms in total. The molecule has 2 heterocycles. The number of rotatable bonds is 7. The van der Waals surface area contributed by atoms with Crippen LogP contribution in [0.1, 0.15) is 49.0 Å². The van der Waals surface area contributed by atoms with Crippen LogP contribution in [0.15, 0.2) is 23.2 Å². The summed E-state index contributed by atoms with van der Waals surface area (Å²) >= 11 is 0.